The molecule has 1 aliphatic carbocycles. The molecule has 4 atom stereocenters. The molecule has 1 aromatic heterocycles. The highest BCUT2D eigenvalue weighted by Crippen LogP contribution is 2.40. The Labute approximate surface area is 209 Å². The van der Waals surface area contributed by atoms with Gasteiger partial charge < -0.3 is 4.74 Å². The van der Waals surface area contributed by atoms with E-state index in [0.29, 0.717) is 17.4 Å². The number of hydrogen-bond acceptors (Lipinski definition) is 4. The molecule has 35 heavy (non-hydrogen) atoms. The second-order valence-corrected chi connectivity index (χ2v) is 10.1. The normalized spacial score (nSPS) is 25.0. The number of aryl methyl sites for hydroxylation is 1. The van der Waals surface area contributed by atoms with Crippen LogP contribution in [0.2, 0.25) is 0 Å². The van der Waals surface area contributed by atoms with E-state index in [1.54, 1.807) is 0 Å². The summed E-state index contributed by atoms with van der Waals surface area (Å²) < 4.78 is 8.32. The largest absolute Gasteiger partial charge is 0.367 e. The van der Waals surface area contributed by atoms with Crippen LogP contribution in [0.5, 0.6) is 0 Å². The molecule has 5 heteroatoms. The van der Waals surface area contributed by atoms with Gasteiger partial charge in [-0.1, -0.05) is 31.9 Å². The number of aliphatic imine (C=N–C) groups is 1. The zero-order valence-corrected chi connectivity index (χ0v) is 21.4. The Kier molecular flexibility index (Phi) is 7.89. The minimum absolute atomic E-state index is 0.200. The van der Waals surface area contributed by atoms with Crippen molar-refractivity contribution in [1.29, 1.82) is 5.26 Å². The number of allylic oxidation sites excluding steroid dienone is 2. The van der Waals surface area contributed by atoms with E-state index in [0.717, 1.165) is 66.9 Å². The lowest BCUT2D eigenvalue weighted by Gasteiger charge is -2.25. The predicted octanol–water partition coefficient (Wildman–Crippen LogP) is 6.34. The zero-order valence-electron chi connectivity index (χ0n) is 21.4. The Hall–Kier alpha value is -3.15. The van der Waals surface area contributed by atoms with Crippen LogP contribution in [0.4, 0.5) is 0 Å². The van der Waals surface area contributed by atoms with Gasteiger partial charge in [-0.05, 0) is 82.4 Å². The zero-order chi connectivity index (χ0) is 24.9. The number of epoxide rings is 1. The van der Waals surface area contributed by atoms with Crippen LogP contribution in [0, 0.1) is 35.5 Å². The number of benzene rings is 1. The van der Waals surface area contributed by atoms with E-state index in [9.17, 15) is 5.26 Å². The van der Waals surface area contributed by atoms with E-state index in [1.165, 1.54) is 12.1 Å². The summed E-state index contributed by atoms with van der Waals surface area (Å²) in [6.45, 7) is 9.34. The third kappa shape index (κ3) is 5.92. The maximum absolute atomic E-state index is 9.23. The topological polar surface area (TPSA) is 66.5 Å². The molecule has 1 aromatic carbocycles. The van der Waals surface area contributed by atoms with E-state index in [-0.39, 0.29) is 12.2 Å². The predicted molar refractivity (Wildman–Crippen MR) is 141 cm³/mol. The average Bonchev–Trinajstić information content (AvgIpc) is 3.49. The highest BCUT2D eigenvalue weighted by atomic mass is 16.6. The molecule has 2 heterocycles. The standard InChI is InChI=1S/C30H36N4O/c1-6-23-11-9-12-24(14-15-27(23)32-20(3)4)21(5)30-29(35-30)19-34-26(7-2)17-28(33-34)25-13-8-10-22(16-25)18-31/h1,8,10,13,16-17,21,24,29-30H,7,9,11-12,14-15,19H2,2-5H3/b27-23+/t21?,24?,29?,30-/m0/s1. The van der Waals surface area contributed by atoms with Crippen LogP contribution in [0.15, 0.2) is 46.6 Å². The summed E-state index contributed by atoms with van der Waals surface area (Å²) in [6.07, 6.45) is 12.5. The Morgan fingerprint density at radius 2 is 2.11 bits per heavy atom. The molecule has 0 N–H and O–H groups in total. The molecule has 1 fully saturated rings. The van der Waals surface area contributed by atoms with Gasteiger partial charge in [0.15, 0.2) is 0 Å². The lowest BCUT2D eigenvalue weighted by molar-refractivity contribution is 0.235. The van der Waals surface area contributed by atoms with Crippen LogP contribution in [-0.2, 0) is 17.7 Å². The lowest BCUT2D eigenvalue weighted by Crippen LogP contribution is -2.22. The third-order valence-electron chi connectivity index (χ3n) is 7.38. The monoisotopic (exact) mass is 468 g/mol. The minimum atomic E-state index is 0.200. The first-order valence-corrected chi connectivity index (χ1v) is 12.9. The van der Waals surface area contributed by atoms with E-state index in [4.69, 9.17) is 21.3 Å². The van der Waals surface area contributed by atoms with Gasteiger partial charge in [0.1, 0.15) is 6.10 Å². The summed E-state index contributed by atoms with van der Waals surface area (Å²) in [6, 6.07) is 12.0. The van der Waals surface area contributed by atoms with Crippen molar-refractivity contribution in [2.75, 3.05) is 0 Å². The van der Waals surface area contributed by atoms with Crippen molar-refractivity contribution in [3.63, 3.8) is 0 Å². The molecule has 4 rings (SSSR count). The van der Waals surface area contributed by atoms with E-state index in [1.807, 2.05) is 38.1 Å². The maximum atomic E-state index is 9.23. The van der Waals surface area contributed by atoms with Gasteiger partial charge in [-0.2, -0.15) is 10.4 Å². The molecule has 3 unspecified atom stereocenters. The van der Waals surface area contributed by atoms with Crippen LogP contribution < -0.4 is 0 Å². The number of hydrogen-bond donors (Lipinski definition) is 0. The van der Waals surface area contributed by atoms with E-state index in [2.05, 4.69) is 36.6 Å². The summed E-state index contributed by atoms with van der Waals surface area (Å²) in [5, 5.41) is 14.1. The number of nitriles is 1. The molecule has 5 nitrogen and oxygen atoms in total. The highest BCUT2D eigenvalue weighted by Gasteiger charge is 2.45. The summed E-state index contributed by atoms with van der Waals surface area (Å²) in [5.41, 5.74) is 7.00. The second kappa shape index (κ2) is 11.1. The highest BCUT2D eigenvalue weighted by molar-refractivity contribution is 5.80. The average molecular weight is 469 g/mol. The number of terminal acetylenes is 1. The van der Waals surface area contributed by atoms with Crippen molar-refractivity contribution in [1.82, 2.24) is 9.78 Å². The van der Waals surface area contributed by atoms with Gasteiger partial charge in [0.25, 0.3) is 0 Å². The smallest absolute Gasteiger partial charge is 0.104 e. The van der Waals surface area contributed by atoms with Gasteiger partial charge in [0, 0.05) is 22.5 Å². The molecule has 182 valence electrons. The van der Waals surface area contributed by atoms with Crippen molar-refractivity contribution in [2.45, 2.75) is 85.0 Å². The molecule has 1 saturated heterocycles. The van der Waals surface area contributed by atoms with Gasteiger partial charge in [-0.25, -0.2) is 0 Å². The van der Waals surface area contributed by atoms with Crippen LogP contribution >= 0.6 is 0 Å². The van der Waals surface area contributed by atoms with Gasteiger partial charge in [0.05, 0.1) is 35.7 Å². The first-order valence-electron chi connectivity index (χ1n) is 12.9. The Morgan fingerprint density at radius 1 is 1.29 bits per heavy atom. The molecule has 2 aliphatic rings. The van der Waals surface area contributed by atoms with Crippen molar-refractivity contribution in [3.05, 3.63) is 52.9 Å². The third-order valence-corrected chi connectivity index (χ3v) is 7.38. The number of nitrogens with zero attached hydrogens (tertiary/aromatic N) is 4. The molecule has 2 aromatic rings. The van der Waals surface area contributed by atoms with Crippen molar-refractivity contribution in [3.8, 4) is 29.7 Å². The summed E-state index contributed by atoms with van der Waals surface area (Å²) in [5.74, 6) is 4.00. The van der Waals surface area contributed by atoms with E-state index < -0.39 is 0 Å². The van der Waals surface area contributed by atoms with Gasteiger partial charge in [-0.3, -0.25) is 9.67 Å². The van der Waals surface area contributed by atoms with Crippen LogP contribution in [-0.4, -0.2) is 27.7 Å². The van der Waals surface area contributed by atoms with Crippen molar-refractivity contribution in [2.24, 2.45) is 16.8 Å². The Morgan fingerprint density at radius 3 is 2.83 bits per heavy atom. The van der Waals surface area contributed by atoms with Crippen LogP contribution in [0.1, 0.15) is 71.1 Å². The minimum Gasteiger partial charge on any atom is -0.367 e. The number of rotatable bonds is 7. The van der Waals surface area contributed by atoms with Crippen molar-refractivity contribution >= 4 is 5.71 Å². The summed E-state index contributed by atoms with van der Waals surface area (Å²) >= 11 is 0. The second-order valence-electron chi connectivity index (χ2n) is 10.1. The quantitative estimate of drug-likeness (QED) is 0.271. The summed E-state index contributed by atoms with van der Waals surface area (Å²) in [4.78, 5) is 4.77. The molecule has 1 aliphatic heterocycles. The van der Waals surface area contributed by atoms with Gasteiger partial charge in [-0.15, -0.1) is 6.42 Å². The SMILES string of the molecule is C#C/C1=C(\N=C(C)C)CCC(C(C)[C@@H]2OC2Cn2nc(-c3cccc(C#N)c3)cc2CC)CCC1. The fraction of sp³-hybridized carbons (Fsp3) is 0.500. The fourth-order valence-electron chi connectivity index (χ4n) is 5.37. The van der Waals surface area contributed by atoms with Crippen LogP contribution in [0.25, 0.3) is 11.3 Å². The molecule has 0 bridgehead atoms. The van der Waals surface area contributed by atoms with E-state index >= 15 is 0 Å². The molecule has 0 spiro atoms. The molecule has 0 amide bonds. The number of ether oxygens (including phenoxy) is 1. The Balaban J connectivity index is 1.41. The molecule has 0 radical (unpaired) electrons. The maximum Gasteiger partial charge on any atom is 0.104 e. The molecular formula is C30H36N4O. The Bertz CT molecular complexity index is 1200. The van der Waals surface area contributed by atoms with Gasteiger partial charge in [0.2, 0.25) is 0 Å². The van der Waals surface area contributed by atoms with Gasteiger partial charge >= 0.3 is 0 Å². The molecular weight excluding hydrogens is 432 g/mol. The lowest BCUT2D eigenvalue weighted by atomic mass is 9.80. The first kappa shape index (κ1) is 25.0. The first-order chi connectivity index (χ1) is 16.9. The summed E-state index contributed by atoms with van der Waals surface area (Å²) in [7, 11) is 0. The van der Waals surface area contributed by atoms with Crippen molar-refractivity contribution < 1.29 is 4.74 Å². The van der Waals surface area contributed by atoms with Crippen LogP contribution in [0.3, 0.4) is 0 Å². The number of aromatic nitrogens is 2. The molecule has 0 saturated carbocycles. The fourth-order valence-corrected chi connectivity index (χ4v) is 5.37.